The molecule has 1 fully saturated rings. The Morgan fingerprint density at radius 3 is 2.85 bits per heavy atom. The topological polar surface area (TPSA) is 84.6 Å². The molecule has 0 radical (unpaired) electrons. The van der Waals surface area contributed by atoms with Gasteiger partial charge in [-0.1, -0.05) is 6.92 Å². The SMILES string of the molecule is CCCn1cc(OCC2(O)CCC(C(=O)O)CC2)cn1. The lowest BCUT2D eigenvalue weighted by molar-refractivity contribution is -0.145. The number of hydrogen-bond donors (Lipinski definition) is 2. The van der Waals surface area contributed by atoms with E-state index in [-0.39, 0.29) is 12.5 Å². The minimum atomic E-state index is -0.918. The first-order chi connectivity index (χ1) is 9.52. The van der Waals surface area contributed by atoms with Gasteiger partial charge in [-0.2, -0.15) is 5.10 Å². The fourth-order valence-corrected chi connectivity index (χ4v) is 2.53. The quantitative estimate of drug-likeness (QED) is 0.829. The average molecular weight is 282 g/mol. The molecule has 1 saturated carbocycles. The fraction of sp³-hybridized carbons (Fsp3) is 0.714. The van der Waals surface area contributed by atoms with E-state index in [1.165, 1.54) is 0 Å². The Morgan fingerprint density at radius 1 is 1.55 bits per heavy atom. The molecule has 2 rings (SSSR count). The van der Waals surface area contributed by atoms with Crippen molar-refractivity contribution in [1.29, 1.82) is 0 Å². The molecule has 1 aromatic rings. The van der Waals surface area contributed by atoms with E-state index in [9.17, 15) is 9.90 Å². The maximum Gasteiger partial charge on any atom is 0.306 e. The molecule has 0 unspecified atom stereocenters. The largest absolute Gasteiger partial charge is 0.487 e. The van der Waals surface area contributed by atoms with Gasteiger partial charge in [0.2, 0.25) is 0 Å². The van der Waals surface area contributed by atoms with E-state index < -0.39 is 11.6 Å². The number of aliphatic hydroxyl groups is 1. The Bertz CT molecular complexity index is 450. The summed E-state index contributed by atoms with van der Waals surface area (Å²) in [6, 6.07) is 0. The minimum absolute atomic E-state index is 0.192. The van der Waals surface area contributed by atoms with Crippen molar-refractivity contribution in [3.05, 3.63) is 12.4 Å². The average Bonchev–Trinajstić information content (AvgIpc) is 2.85. The Morgan fingerprint density at radius 2 is 2.25 bits per heavy atom. The number of carboxylic acid groups (broad SMARTS) is 1. The van der Waals surface area contributed by atoms with Gasteiger partial charge in [0.1, 0.15) is 6.61 Å². The zero-order chi connectivity index (χ0) is 14.6. The molecule has 0 atom stereocenters. The van der Waals surface area contributed by atoms with E-state index in [1.54, 1.807) is 10.9 Å². The number of aliphatic carboxylic acids is 1. The van der Waals surface area contributed by atoms with Crippen molar-refractivity contribution in [1.82, 2.24) is 9.78 Å². The lowest BCUT2D eigenvalue weighted by atomic mass is 9.79. The number of ether oxygens (including phenoxy) is 1. The molecule has 112 valence electrons. The predicted octanol–water partition coefficient (Wildman–Crippen LogP) is 1.68. The summed E-state index contributed by atoms with van der Waals surface area (Å²) in [5, 5.41) is 23.5. The molecule has 1 heterocycles. The van der Waals surface area contributed by atoms with Crippen molar-refractivity contribution >= 4 is 5.97 Å². The summed E-state index contributed by atoms with van der Waals surface area (Å²) >= 11 is 0. The Labute approximate surface area is 118 Å². The summed E-state index contributed by atoms with van der Waals surface area (Å²) in [5.41, 5.74) is -0.918. The van der Waals surface area contributed by atoms with Crippen LogP contribution in [-0.4, -0.2) is 38.2 Å². The second-order valence-corrected chi connectivity index (χ2v) is 5.56. The Hall–Kier alpha value is -1.56. The van der Waals surface area contributed by atoms with Gasteiger partial charge in [-0.3, -0.25) is 9.48 Å². The molecule has 1 aliphatic rings. The molecule has 20 heavy (non-hydrogen) atoms. The summed E-state index contributed by atoms with van der Waals surface area (Å²) in [4.78, 5) is 10.9. The van der Waals surface area contributed by atoms with Crippen LogP contribution in [0.25, 0.3) is 0 Å². The number of aromatic nitrogens is 2. The predicted molar refractivity (Wildman–Crippen MR) is 72.6 cm³/mol. The van der Waals surface area contributed by atoms with Crippen molar-refractivity contribution in [2.75, 3.05) is 6.61 Å². The van der Waals surface area contributed by atoms with Crippen LogP contribution in [0.4, 0.5) is 0 Å². The first-order valence-electron chi connectivity index (χ1n) is 7.13. The molecule has 0 saturated heterocycles. The highest BCUT2D eigenvalue weighted by molar-refractivity contribution is 5.70. The first-order valence-corrected chi connectivity index (χ1v) is 7.13. The highest BCUT2D eigenvalue weighted by Crippen LogP contribution is 2.32. The molecular weight excluding hydrogens is 260 g/mol. The number of carbonyl (C=O) groups is 1. The van der Waals surface area contributed by atoms with Gasteiger partial charge in [0.15, 0.2) is 5.75 Å². The molecular formula is C14H22N2O4. The standard InChI is InChI=1S/C14H22N2O4/c1-2-7-16-9-12(8-15-16)20-10-14(19)5-3-11(4-6-14)13(17)18/h8-9,11,19H,2-7,10H2,1H3,(H,17,18). The van der Waals surface area contributed by atoms with E-state index in [2.05, 4.69) is 12.0 Å². The van der Waals surface area contributed by atoms with Crippen molar-refractivity contribution in [2.24, 2.45) is 5.92 Å². The third-order valence-corrected chi connectivity index (χ3v) is 3.84. The van der Waals surface area contributed by atoms with Gasteiger partial charge in [-0.25, -0.2) is 0 Å². The van der Waals surface area contributed by atoms with Gasteiger partial charge >= 0.3 is 5.97 Å². The third-order valence-electron chi connectivity index (χ3n) is 3.84. The third kappa shape index (κ3) is 3.72. The van der Waals surface area contributed by atoms with E-state index >= 15 is 0 Å². The maximum absolute atomic E-state index is 10.9. The van der Waals surface area contributed by atoms with E-state index in [0.717, 1.165) is 13.0 Å². The van der Waals surface area contributed by atoms with Crippen LogP contribution in [0.15, 0.2) is 12.4 Å². The Kier molecular flexibility index (Phi) is 4.65. The van der Waals surface area contributed by atoms with Crippen LogP contribution < -0.4 is 4.74 Å². The van der Waals surface area contributed by atoms with Gasteiger partial charge in [-0.15, -0.1) is 0 Å². The molecule has 0 amide bonds. The van der Waals surface area contributed by atoms with Crippen molar-refractivity contribution < 1.29 is 19.7 Å². The molecule has 2 N–H and O–H groups in total. The van der Waals surface area contributed by atoms with Gasteiger partial charge in [0.05, 0.1) is 23.9 Å². The van der Waals surface area contributed by atoms with Crippen LogP contribution in [0.2, 0.25) is 0 Å². The van der Waals surface area contributed by atoms with E-state index in [1.807, 2.05) is 6.20 Å². The van der Waals surface area contributed by atoms with Crippen LogP contribution in [0, 0.1) is 5.92 Å². The van der Waals surface area contributed by atoms with Gasteiger partial charge < -0.3 is 14.9 Å². The van der Waals surface area contributed by atoms with Crippen LogP contribution in [0.1, 0.15) is 39.0 Å². The van der Waals surface area contributed by atoms with E-state index in [0.29, 0.717) is 31.4 Å². The van der Waals surface area contributed by atoms with Gasteiger partial charge in [0, 0.05) is 6.54 Å². The number of hydrogen-bond acceptors (Lipinski definition) is 4. The van der Waals surface area contributed by atoms with Crippen LogP contribution in [-0.2, 0) is 11.3 Å². The highest BCUT2D eigenvalue weighted by atomic mass is 16.5. The normalized spacial score (nSPS) is 26.4. The van der Waals surface area contributed by atoms with E-state index in [4.69, 9.17) is 9.84 Å². The molecule has 0 bridgehead atoms. The van der Waals surface area contributed by atoms with Gasteiger partial charge in [0.25, 0.3) is 0 Å². The van der Waals surface area contributed by atoms with Crippen LogP contribution >= 0.6 is 0 Å². The second kappa shape index (κ2) is 6.26. The summed E-state index contributed by atoms with van der Waals surface area (Å²) < 4.78 is 7.40. The van der Waals surface area contributed by atoms with Gasteiger partial charge in [-0.05, 0) is 32.1 Å². The number of rotatable bonds is 6. The van der Waals surface area contributed by atoms with Crippen molar-refractivity contribution in [3.63, 3.8) is 0 Å². The number of nitrogens with zero attached hydrogens (tertiary/aromatic N) is 2. The lowest BCUT2D eigenvalue weighted by Gasteiger charge is -2.34. The maximum atomic E-state index is 10.9. The molecule has 1 aliphatic carbocycles. The zero-order valence-electron chi connectivity index (χ0n) is 11.8. The van der Waals surface area contributed by atoms with Crippen LogP contribution in [0.3, 0.4) is 0 Å². The molecule has 1 aromatic heterocycles. The number of carboxylic acids is 1. The summed E-state index contributed by atoms with van der Waals surface area (Å²) in [6.07, 6.45) is 6.40. The summed E-state index contributed by atoms with van der Waals surface area (Å²) in [6.45, 7) is 3.11. The minimum Gasteiger partial charge on any atom is -0.487 e. The summed E-state index contributed by atoms with van der Waals surface area (Å²) in [5.74, 6) is -0.455. The molecule has 6 heteroatoms. The first kappa shape index (κ1) is 14.8. The zero-order valence-corrected chi connectivity index (χ0v) is 11.8. The smallest absolute Gasteiger partial charge is 0.306 e. The second-order valence-electron chi connectivity index (χ2n) is 5.56. The Balaban J connectivity index is 1.82. The molecule has 0 aliphatic heterocycles. The highest BCUT2D eigenvalue weighted by Gasteiger charge is 2.36. The van der Waals surface area contributed by atoms with Crippen LogP contribution in [0.5, 0.6) is 5.75 Å². The monoisotopic (exact) mass is 282 g/mol. The molecule has 0 aromatic carbocycles. The lowest BCUT2D eigenvalue weighted by Crippen LogP contribution is -2.41. The summed E-state index contributed by atoms with van der Waals surface area (Å²) in [7, 11) is 0. The fourth-order valence-electron chi connectivity index (χ4n) is 2.53. The molecule has 0 spiro atoms. The number of aryl methyl sites for hydroxylation is 1. The molecule has 6 nitrogen and oxygen atoms in total. The van der Waals surface area contributed by atoms with Crippen molar-refractivity contribution in [2.45, 2.75) is 51.2 Å². The van der Waals surface area contributed by atoms with Crippen molar-refractivity contribution in [3.8, 4) is 5.75 Å².